The van der Waals surface area contributed by atoms with Crippen molar-refractivity contribution in [1.82, 2.24) is 20.0 Å². The molecule has 1 N–H and O–H groups in total. The SMILES string of the molecule is O=C(Nc1ccccn1)c1nnn(-c2ccc(F)cc2)c1C1CC1. The van der Waals surface area contributed by atoms with E-state index in [-0.39, 0.29) is 23.3 Å². The van der Waals surface area contributed by atoms with Gasteiger partial charge in [-0.25, -0.2) is 14.1 Å². The maximum Gasteiger partial charge on any atom is 0.279 e. The number of benzene rings is 1. The Morgan fingerprint density at radius 1 is 1.17 bits per heavy atom. The van der Waals surface area contributed by atoms with Crippen molar-refractivity contribution in [2.24, 2.45) is 0 Å². The molecule has 3 aromatic rings. The molecule has 0 bridgehead atoms. The zero-order valence-electron chi connectivity index (χ0n) is 12.7. The van der Waals surface area contributed by atoms with Crippen LogP contribution in [0.25, 0.3) is 5.69 Å². The van der Waals surface area contributed by atoms with E-state index in [4.69, 9.17) is 0 Å². The Balaban J connectivity index is 1.69. The van der Waals surface area contributed by atoms with Crippen LogP contribution < -0.4 is 5.32 Å². The van der Waals surface area contributed by atoms with Gasteiger partial charge in [0.1, 0.15) is 11.6 Å². The summed E-state index contributed by atoms with van der Waals surface area (Å²) in [6, 6.07) is 11.2. The molecule has 1 aromatic carbocycles. The third kappa shape index (κ3) is 2.76. The van der Waals surface area contributed by atoms with Gasteiger partial charge >= 0.3 is 0 Å². The number of hydrogen-bond acceptors (Lipinski definition) is 4. The topological polar surface area (TPSA) is 72.7 Å². The smallest absolute Gasteiger partial charge is 0.279 e. The fourth-order valence-electron chi connectivity index (χ4n) is 2.56. The van der Waals surface area contributed by atoms with E-state index in [0.29, 0.717) is 11.5 Å². The number of carbonyl (C=O) groups excluding carboxylic acids is 1. The van der Waals surface area contributed by atoms with Gasteiger partial charge < -0.3 is 5.32 Å². The highest BCUT2D eigenvalue weighted by atomic mass is 19.1. The number of amides is 1. The maximum atomic E-state index is 13.1. The predicted octanol–water partition coefficient (Wildman–Crippen LogP) is 2.93. The zero-order valence-corrected chi connectivity index (χ0v) is 12.7. The number of hydrogen-bond donors (Lipinski definition) is 1. The van der Waals surface area contributed by atoms with E-state index in [1.807, 2.05) is 0 Å². The number of pyridine rings is 1. The molecule has 120 valence electrons. The van der Waals surface area contributed by atoms with E-state index in [9.17, 15) is 9.18 Å². The van der Waals surface area contributed by atoms with Gasteiger partial charge in [0.2, 0.25) is 0 Å². The average molecular weight is 323 g/mol. The third-order valence-corrected chi connectivity index (χ3v) is 3.86. The first-order valence-corrected chi connectivity index (χ1v) is 7.66. The summed E-state index contributed by atoms with van der Waals surface area (Å²) in [6.07, 6.45) is 3.57. The van der Waals surface area contributed by atoms with Crippen molar-refractivity contribution in [1.29, 1.82) is 0 Å². The van der Waals surface area contributed by atoms with Crippen LogP contribution in [-0.4, -0.2) is 25.9 Å². The summed E-state index contributed by atoms with van der Waals surface area (Å²) in [5.74, 6) is 0.0408. The molecule has 2 aromatic heterocycles. The summed E-state index contributed by atoms with van der Waals surface area (Å²) in [5, 5.41) is 10.9. The summed E-state index contributed by atoms with van der Waals surface area (Å²) in [6.45, 7) is 0. The van der Waals surface area contributed by atoms with Crippen molar-refractivity contribution in [2.45, 2.75) is 18.8 Å². The molecule has 7 heteroatoms. The Kier molecular flexibility index (Phi) is 3.53. The monoisotopic (exact) mass is 323 g/mol. The van der Waals surface area contributed by atoms with Crippen molar-refractivity contribution >= 4 is 11.7 Å². The van der Waals surface area contributed by atoms with Gasteiger partial charge in [-0.2, -0.15) is 0 Å². The van der Waals surface area contributed by atoms with Gasteiger partial charge in [-0.15, -0.1) is 5.10 Å². The van der Waals surface area contributed by atoms with Crippen molar-refractivity contribution in [3.63, 3.8) is 0 Å². The quantitative estimate of drug-likeness (QED) is 0.801. The number of nitrogens with zero attached hydrogens (tertiary/aromatic N) is 4. The summed E-state index contributed by atoms with van der Waals surface area (Å²) in [4.78, 5) is 16.6. The normalized spacial score (nSPS) is 13.7. The number of aromatic nitrogens is 4. The highest BCUT2D eigenvalue weighted by Gasteiger charge is 2.34. The second kappa shape index (κ2) is 5.84. The molecule has 4 rings (SSSR count). The molecule has 0 saturated heterocycles. The van der Waals surface area contributed by atoms with Crippen LogP contribution >= 0.6 is 0 Å². The molecular weight excluding hydrogens is 309 g/mol. The number of carbonyl (C=O) groups is 1. The molecule has 0 unspecified atom stereocenters. The second-order valence-electron chi connectivity index (χ2n) is 5.65. The lowest BCUT2D eigenvalue weighted by molar-refractivity contribution is 0.102. The van der Waals surface area contributed by atoms with E-state index >= 15 is 0 Å². The Bertz CT molecular complexity index is 872. The summed E-state index contributed by atoms with van der Waals surface area (Å²) < 4.78 is 14.7. The van der Waals surface area contributed by atoms with Crippen molar-refractivity contribution in [3.05, 3.63) is 65.9 Å². The fraction of sp³-hybridized carbons (Fsp3) is 0.176. The first kappa shape index (κ1) is 14.5. The van der Waals surface area contributed by atoms with Gasteiger partial charge in [-0.3, -0.25) is 4.79 Å². The van der Waals surface area contributed by atoms with Crippen LogP contribution in [0.4, 0.5) is 10.2 Å². The lowest BCUT2D eigenvalue weighted by atomic mass is 10.2. The van der Waals surface area contributed by atoms with Gasteiger partial charge in [0.25, 0.3) is 5.91 Å². The van der Waals surface area contributed by atoms with Crippen LogP contribution in [0.15, 0.2) is 48.7 Å². The molecule has 1 aliphatic carbocycles. The van der Waals surface area contributed by atoms with Gasteiger partial charge in [0, 0.05) is 12.1 Å². The first-order chi connectivity index (χ1) is 11.7. The molecule has 1 amide bonds. The Hall–Kier alpha value is -3.09. The molecule has 1 aliphatic rings. The highest BCUT2D eigenvalue weighted by Crippen LogP contribution is 2.42. The summed E-state index contributed by atoms with van der Waals surface area (Å²) >= 11 is 0. The van der Waals surface area contributed by atoms with Crippen molar-refractivity contribution < 1.29 is 9.18 Å². The van der Waals surface area contributed by atoms with Crippen LogP contribution in [0, 0.1) is 5.82 Å². The molecule has 0 radical (unpaired) electrons. The van der Waals surface area contributed by atoms with Crippen LogP contribution in [0.5, 0.6) is 0 Å². The lowest BCUT2D eigenvalue weighted by Gasteiger charge is -2.07. The molecule has 2 heterocycles. The standard InChI is InChI=1S/C17H14FN5O/c18-12-6-8-13(9-7-12)23-16(11-4-5-11)15(21-22-23)17(24)20-14-3-1-2-10-19-14/h1-3,6-11H,4-5H2,(H,19,20,24). The van der Waals surface area contributed by atoms with Crippen LogP contribution in [0.3, 0.4) is 0 Å². The molecule has 0 spiro atoms. The largest absolute Gasteiger partial charge is 0.305 e. The number of halogens is 1. The lowest BCUT2D eigenvalue weighted by Crippen LogP contribution is -2.16. The average Bonchev–Trinajstić information content (AvgIpc) is 3.34. The molecular formula is C17H14FN5O. The summed E-state index contributed by atoms with van der Waals surface area (Å²) in [7, 11) is 0. The van der Waals surface area contributed by atoms with Gasteiger partial charge in [0.15, 0.2) is 5.69 Å². The van der Waals surface area contributed by atoms with E-state index < -0.39 is 0 Å². The molecule has 6 nitrogen and oxygen atoms in total. The highest BCUT2D eigenvalue weighted by molar-refractivity contribution is 6.03. The number of anilines is 1. The van der Waals surface area contributed by atoms with E-state index in [2.05, 4.69) is 20.6 Å². The Labute approximate surface area is 137 Å². The molecule has 0 atom stereocenters. The second-order valence-corrected chi connectivity index (χ2v) is 5.65. The molecule has 0 aliphatic heterocycles. The first-order valence-electron chi connectivity index (χ1n) is 7.66. The van der Waals surface area contributed by atoms with Crippen molar-refractivity contribution in [2.75, 3.05) is 5.32 Å². The van der Waals surface area contributed by atoms with E-state index in [1.54, 1.807) is 41.2 Å². The minimum atomic E-state index is -0.344. The van der Waals surface area contributed by atoms with Crippen LogP contribution in [0.2, 0.25) is 0 Å². The minimum absolute atomic E-state index is 0.245. The zero-order chi connectivity index (χ0) is 16.5. The number of nitrogens with one attached hydrogen (secondary N) is 1. The minimum Gasteiger partial charge on any atom is -0.305 e. The molecule has 1 saturated carbocycles. The van der Waals surface area contributed by atoms with Gasteiger partial charge in [0.05, 0.1) is 11.4 Å². The Morgan fingerprint density at radius 2 is 1.96 bits per heavy atom. The van der Waals surface area contributed by atoms with E-state index in [1.165, 1.54) is 12.1 Å². The predicted molar refractivity (Wildman–Crippen MR) is 85.5 cm³/mol. The van der Waals surface area contributed by atoms with Crippen LogP contribution in [-0.2, 0) is 0 Å². The van der Waals surface area contributed by atoms with Crippen LogP contribution in [0.1, 0.15) is 34.9 Å². The van der Waals surface area contributed by atoms with Gasteiger partial charge in [-0.05, 0) is 49.2 Å². The van der Waals surface area contributed by atoms with E-state index in [0.717, 1.165) is 18.5 Å². The van der Waals surface area contributed by atoms with Gasteiger partial charge in [-0.1, -0.05) is 11.3 Å². The summed E-state index contributed by atoms with van der Waals surface area (Å²) in [5.41, 5.74) is 1.73. The third-order valence-electron chi connectivity index (χ3n) is 3.86. The Morgan fingerprint density at radius 3 is 2.62 bits per heavy atom. The fourth-order valence-corrected chi connectivity index (χ4v) is 2.56. The maximum absolute atomic E-state index is 13.1. The van der Waals surface area contributed by atoms with Crippen molar-refractivity contribution in [3.8, 4) is 5.69 Å². The number of rotatable bonds is 4. The molecule has 1 fully saturated rings. The molecule has 24 heavy (non-hydrogen) atoms.